The van der Waals surface area contributed by atoms with E-state index in [0.717, 1.165) is 75.3 Å². The molecule has 5 rings (SSSR count). The van der Waals surface area contributed by atoms with Crippen LogP contribution in [-0.2, 0) is 13.1 Å². The highest BCUT2D eigenvalue weighted by molar-refractivity contribution is 5.98. The van der Waals surface area contributed by atoms with Crippen LogP contribution in [-0.4, -0.2) is 58.4 Å². The smallest absolute Gasteiger partial charge is 0.254 e. The molecule has 160 valence electrons. The van der Waals surface area contributed by atoms with Crippen LogP contribution in [0.3, 0.4) is 0 Å². The van der Waals surface area contributed by atoms with Gasteiger partial charge in [-0.2, -0.15) is 0 Å². The molecule has 3 aliphatic heterocycles. The number of hydrogen-bond donors (Lipinski definition) is 1. The molecule has 0 spiro atoms. The normalized spacial score (nSPS) is 22.1. The second kappa shape index (κ2) is 9.06. The molecule has 0 aromatic heterocycles. The predicted octanol–water partition coefficient (Wildman–Crippen LogP) is 3.28. The molecule has 1 N–H and O–H groups in total. The van der Waals surface area contributed by atoms with Gasteiger partial charge in [-0.3, -0.25) is 9.69 Å². The molecule has 3 aliphatic rings. The van der Waals surface area contributed by atoms with Gasteiger partial charge in [-0.1, -0.05) is 42.5 Å². The molecule has 30 heavy (non-hydrogen) atoms. The minimum absolute atomic E-state index is 0. The Morgan fingerprint density at radius 1 is 0.900 bits per heavy atom. The number of aliphatic hydroxyl groups excluding tert-OH is 1. The van der Waals surface area contributed by atoms with Crippen molar-refractivity contribution >= 4 is 18.3 Å². The van der Waals surface area contributed by atoms with Crippen molar-refractivity contribution in [2.24, 2.45) is 5.92 Å². The summed E-state index contributed by atoms with van der Waals surface area (Å²) in [6.07, 6.45) is 1.87. The summed E-state index contributed by atoms with van der Waals surface area (Å²) in [5.74, 6) is 0.811. The third-order valence-electron chi connectivity index (χ3n) is 6.83. The van der Waals surface area contributed by atoms with Crippen LogP contribution in [0, 0.1) is 5.92 Å². The summed E-state index contributed by atoms with van der Waals surface area (Å²) in [5.41, 5.74) is 4.35. The van der Waals surface area contributed by atoms with E-state index in [1.54, 1.807) is 0 Å². The van der Waals surface area contributed by atoms with Crippen molar-refractivity contribution in [2.75, 3.05) is 32.7 Å². The van der Waals surface area contributed by atoms with Crippen molar-refractivity contribution in [3.63, 3.8) is 0 Å². The predicted molar refractivity (Wildman–Crippen MR) is 119 cm³/mol. The van der Waals surface area contributed by atoms with Crippen LogP contribution in [0.5, 0.6) is 0 Å². The van der Waals surface area contributed by atoms with E-state index in [2.05, 4.69) is 28.0 Å². The molecule has 0 aliphatic carbocycles. The van der Waals surface area contributed by atoms with Crippen molar-refractivity contribution < 1.29 is 9.90 Å². The maximum Gasteiger partial charge on any atom is 0.254 e. The highest BCUT2D eigenvalue weighted by Gasteiger charge is 2.31. The molecular formula is C24H30ClN3O2. The van der Waals surface area contributed by atoms with E-state index in [-0.39, 0.29) is 18.3 Å². The number of amides is 1. The number of hydrogen-bond acceptors (Lipinski definition) is 4. The number of aliphatic hydroxyl groups is 1. The van der Waals surface area contributed by atoms with Gasteiger partial charge in [0, 0.05) is 38.3 Å². The van der Waals surface area contributed by atoms with E-state index in [1.165, 1.54) is 5.56 Å². The monoisotopic (exact) mass is 427 g/mol. The fourth-order valence-corrected chi connectivity index (χ4v) is 5.08. The molecule has 3 heterocycles. The Kier molecular flexibility index (Phi) is 6.44. The average molecular weight is 428 g/mol. The van der Waals surface area contributed by atoms with Crippen molar-refractivity contribution in [3.8, 4) is 0 Å². The molecule has 1 atom stereocenters. The van der Waals surface area contributed by atoms with Gasteiger partial charge >= 0.3 is 0 Å². The fraction of sp³-hybridized carbons (Fsp3) is 0.458. The molecule has 1 fully saturated rings. The average Bonchev–Trinajstić information content (AvgIpc) is 3.25. The van der Waals surface area contributed by atoms with E-state index >= 15 is 0 Å². The maximum atomic E-state index is 12.5. The first-order chi connectivity index (χ1) is 14.2. The van der Waals surface area contributed by atoms with Crippen LogP contribution in [0.1, 0.15) is 46.1 Å². The Balaban J connectivity index is 0.00000218. The van der Waals surface area contributed by atoms with Gasteiger partial charge in [0.2, 0.25) is 0 Å². The summed E-state index contributed by atoms with van der Waals surface area (Å²) >= 11 is 0. The molecule has 0 radical (unpaired) electrons. The molecule has 0 bridgehead atoms. The van der Waals surface area contributed by atoms with Crippen LogP contribution in [0.2, 0.25) is 0 Å². The number of likely N-dealkylation sites (tertiary alicyclic amines) is 1. The standard InChI is InChI=1S/C24H29N3O2.ClH/c28-23-21-7-3-1-5-19(21)16-26(23)14-13-25-11-9-18(10-12-25)15-27-17-20-6-2-4-8-22(20)24(27)29;/h1-8,18,24,29H,9-17H2;1H. The van der Waals surface area contributed by atoms with Crippen molar-refractivity contribution in [1.29, 1.82) is 0 Å². The number of piperidine rings is 1. The third kappa shape index (κ3) is 4.12. The summed E-state index contributed by atoms with van der Waals surface area (Å²) < 4.78 is 0. The molecule has 1 saturated heterocycles. The third-order valence-corrected chi connectivity index (χ3v) is 6.83. The van der Waals surface area contributed by atoms with Crippen LogP contribution >= 0.6 is 12.4 Å². The molecule has 1 amide bonds. The highest BCUT2D eigenvalue weighted by atomic mass is 35.5. The van der Waals surface area contributed by atoms with Gasteiger partial charge in [-0.15, -0.1) is 12.4 Å². The Hall–Kier alpha value is -1.92. The van der Waals surface area contributed by atoms with E-state index in [4.69, 9.17) is 0 Å². The van der Waals surface area contributed by atoms with Gasteiger partial charge in [0.25, 0.3) is 5.91 Å². The van der Waals surface area contributed by atoms with Crippen LogP contribution in [0.4, 0.5) is 0 Å². The zero-order valence-corrected chi connectivity index (χ0v) is 18.1. The number of nitrogens with zero attached hydrogens (tertiary/aromatic N) is 3. The molecule has 0 saturated carbocycles. The number of carbonyl (C=O) groups excluding carboxylic acids is 1. The number of rotatable bonds is 5. The van der Waals surface area contributed by atoms with Gasteiger partial charge in [0.05, 0.1) is 0 Å². The van der Waals surface area contributed by atoms with E-state index < -0.39 is 6.23 Å². The SMILES string of the molecule is Cl.O=C1c2ccccc2CN1CCN1CCC(CN2Cc3ccccc3C2O)CC1. The van der Waals surface area contributed by atoms with Crippen molar-refractivity contribution in [3.05, 3.63) is 70.8 Å². The Morgan fingerprint density at radius 2 is 1.60 bits per heavy atom. The Bertz CT molecular complexity index is 898. The lowest BCUT2D eigenvalue weighted by molar-refractivity contribution is -0.00398. The summed E-state index contributed by atoms with van der Waals surface area (Å²) in [6.45, 7) is 6.48. The number of benzene rings is 2. The summed E-state index contributed by atoms with van der Waals surface area (Å²) in [5, 5.41) is 10.6. The second-order valence-corrected chi connectivity index (χ2v) is 8.67. The molecule has 2 aromatic rings. The second-order valence-electron chi connectivity index (χ2n) is 8.67. The van der Waals surface area contributed by atoms with Gasteiger partial charge < -0.3 is 14.9 Å². The lowest BCUT2D eigenvalue weighted by Gasteiger charge is -2.35. The zero-order chi connectivity index (χ0) is 19.8. The molecule has 1 unspecified atom stereocenters. The molecular weight excluding hydrogens is 398 g/mol. The van der Waals surface area contributed by atoms with E-state index in [9.17, 15) is 9.90 Å². The largest absolute Gasteiger partial charge is 0.374 e. The molecule has 6 heteroatoms. The van der Waals surface area contributed by atoms with Gasteiger partial charge in [0.15, 0.2) is 0 Å². The minimum Gasteiger partial charge on any atom is -0.374 e. The first-order valence-corrected chi connectivity index (χ1v) is 10.8. The minimum atomic E-state index is -0.452. The quantitative estimate of drug-likeness (QED) is 0.795. The topological polar surface area (TPSA) is 47.0 Å². The Morgan fingerprint density at radius 3 is 2.33 bits per heavy atom. The lowest BCUT2D eigenvalue weighted by atomic mass is 9.96. The van der Waals surface area contributed by atoms with Crippen molar-refractivity contribution in [2.45, 2.75) is 32.2 Å². The van der Waals surface area contributed by atoms with Gasteiger partial charge in [0.1, 0.15) is 6.23 Å². The Labute approximate surface area is 184 Å². The van der Waals surface area contributed by atoms with Crippen LogP contribution < -0.4 is 0 Å². The van der Waals surface area contributed by atoms with E-state index in [1.807, 2.05) is 35.2 Å². The first-order valence-electron chi connectivity index (χ1n) is 10.8. The lowest BCUT2D eigenvalue weighted by Crippen LogP contribution is -2.42. The number of fused-ring (bicyclic) bond motifs is 2. The maximum absolute atomic E-state index is 12.5. The van der Waals surface area contributed by atoms with Crippen molar-refractivity contribution in [1.82, 2.24) is 14.7 Å². The number of halogens is 1. The van der Waals surface area contributed by atoms with E-state index in [0.29, 0.717) is 5.92 Å². The number of carbonyl (C=O) groups is 1. The highest BCUT2D eigenvalue weighted by Crippen LogP contribution is 2.33. The summed E-state index contributed by atoms with van der Waals surface area (Å²) in [6, 6.07) is 16.2. The first kappa shape index (κ1) is 21.3. The fourth-order valence-electron chi connectivity index (χ4n) is 5.08. The van der Waals surface area contributed by atoms with Gasteiger partial charge in [-0.05, 0) is 54.6 Å². The van der Waals surface area contributed by atoms with Crippen LogP contribution in [0.25, 0.3) is 0 Å². The summed E-state index contributed by atoms with van der Waals surface area (Å²) in [4.78, 5) is 19.2. The summed E-state index contributed by atoms with van der Waals surface area (Å²) in [7, 11) is 0. The zero-order valence-electron chi connectivity index (χ0n) is 17.2. The van der Waals surface area contributed by atoms with Crippen LogP contribution in [0.15, 0.2) is 48.5 Å². The molecule has 2 aromatic carbocycles. The molecule has 5 nitrogen and oxygen atoms in total. The van der Waals surface area contributed by atoms with Gasteiger partial charge in [-0.25, -0.2) is 0 Å².